The lowest BCUT2D eigenvalue weighted by Gasteiger charge is -2.11. The molecule has 348 valence electrons. The normalized spacial score (nSPS) is 11.6. The number of aryl methyl sites for hydroxylation is 4. The number of hydrogen-bond donors (Lipinski definition) is 8. The van der Waals surface area contributed by atoms with Crippen molar-refractivity contribution in [2.75, 3.05) is 31.9 Å². The number of carbonyl (C=O) groups is 5. The van der Waals surface area contributed by atoms with Gasteiger partial charge in [-0.15, -0.1) is 0 Å². The molecule has 0 atom stereocenters. The highest BCUT2D eigenvalue weighted by molar-refractivity contribution is 7.86. The third-order valence-electron chi connectivity index (χ3n) is 10.8. The van der Waals surface area contributed by atoms with Gasteiger partial charge in [0, 0.05) is 63.8 Å². The maximum absolute atomic E-state index is 13.4. The summed E-state index contributed by atoms with van der Waals surface area (Å²) in [7, 11) is -2.82. The highest BCUT2D eigenvalue weighted by Gasteiger charge is 2.23. The van der Waals surface area contributed by atoms with E-state index in [2.05, 4.69) is 31.9 Å². The number of rotatable bonds is 12. The van der Waals surface area contributed by atoms with Crippen LogP contribution in [0.4, 0.5) is 39.4 Å². The van der Waals surface area contributed by atoms with Gasteiger partial charge in [-0.05, 0) is 59.3 Å². The molecule has 4 aromatic heterocycles. The van der Waals surface area contributed by atoms with Crippen LogP contribution in [0.3, 0.4) is 0 Å². The van der Waals surface area contributed by atoms with Gasteiger partial charge in [0.2, 0.25) is 0 Å². The monoisotopic (exact) mass is 960 g/mol. The Labute approximate surface area is 386 Å². The predicted molar refractivity (Wildman–Crippen MR) is 254 cm³/mol. The van der Waals surface area contributed by atoms with Gasteiger partial charge in [0.05, 0.1) is 33.6 Å². The van der Waals surface area contributed by atoms with Crippen LogP contribution in [0, 0.1) is 0 Å². The van der Waals surface area contributed by atoms with Crippen molar-refractivity contribution in [3.05, 3.63) is 144 Å². The van der Waals surface area contributed by atoms with E-state index >= 15 is 0 Å². The molecule has 0 aliphatic heterocycles. The molecule has 0 spiro atoms. The van der Waals surface area contributed by atoms with Gasteiger partial charge in [-0.2, -0.15) is 16.8 Å². The summed E-state index contributed by atoms with van der Waals surface area (Å²) >= 11 is 0. The standard InChI is InChI=1S/C45H40N10O11S2/c1-52-21-27(41(56)46-31-13-5-9-25-11-7-15-33(39(25)31)67(61,62)63)17-35(52)48-43(58)29-19-37(54(3)23-29)50-45(60)51-38-20-30(24-55(38)4)44(59)49-36-18-28(22-53(36)2)42(57)47-32-14-6-10-26-12-8-16-34(40(26)32)68(64,65)66/h5-24H,1-4H3,(H,46,56)(H,47,57)(H,48,58)(H,49,59)(H2,50,51,60)(H,61,62,63)(H,64,65,66). The fraction of sp³-hybridized carbons (Fsp3) is 0.0889. The van der Waals surface area contributed by atoms with Crippen LogP contribution in [0.5, 0.6) is 0 Å². The summed E-state index contributed by atoms with van der Waals surface area (Å²) in [6.45, 7) is 0. The molecule has 6 amide bonds. The number of hydrogen-bond acceptors (Lipinski definition) is 9. The molecule has 0 unspecified atom stereocenters. The number of urea groups is 1. The minimum Gasteiger partial charge on any atom is -0.337 e. The molecule has 4 heterocycles. The zero-order valence-electron chi connectivity index (χ0n) is 36.2. The summed E-state index contributed by atoms with van der Waals surface area (Å²) in [4.78, 5) is 65.9. The number of benzene rings is 4. The predicted octanol–water partition coefficient (Wildman–Crippen LogP) is 6.49. The first-order valence-corrected chi connectivity index (χ1v) is 23.0. The van der Waals surface area contributed by atoms with Crippen LogP contribution < -0.4 is 31.9 Å². The second kappa shape index (κ2) is 17.7. The molecule has 0 aliphatic rings. The van der Waals surface area contributed by atoms with Crippen molar-refractivity contribution < 1.29 is 49.9 Å². The van der Waals surface area contributed by atoms with Crippen molar-refractivity contribution in [3.8, 4) is 0 Å². The molecule has 68 heavy (non-hydrogen) atoms. The number of nitrogens with zero attached hydrogens (tertiary/aromatic N) is 4. The van der Waals surface area contributed by atoms with Crippen LogP contribution in [0.2, 0.25) is 0 Å². The lowest BCUT2D eigenvalue weighted by Crippen LogP contribution is -2.22. The van der Waals surface area contributed by atoms with Crippen molar-refractivity contribution >= 4 is 106 Å². The van der Waals surface area contributed by atoms with Gasteiger partial charge in [0.1, 0.15) is 33.1 Å². The van der Waals surface area contributed by atoms with E-state index in [1.165, 1.54) is 104 Å². The van der Waals surface area contributed by atoms with E-state index in [4.69, 9.17) is 0 Å². The minimum absolute atomic E-state index is 0.127. The summed E-state index contributed by atoms with van der Waals surface area (Å²) in [6, 6.07) is 23.2. The number of anilines is 6. The highest BCUT2D eigenvalue weighted by atomic mass is 32.2. The second-order valence-corrected chi connectivity index (χ2v) is 18.3. The number of fused-ring (bicyclic) bond motifs is 2. The van der Waals surface area contributed by atoms with Crippen molar-refractivity contribution in [2.45, 2.75) is 9.79 Å². The Morgan fingerprint density at radius 2 is 0.691 bits per heavy atom. The van der Waals surface area contributed by atoms with Crippen LogP contribution >= 0.6 is 0 Å². The molecule has 0 saturated heterocycles. The summed E-state index contributed by atoms with van der Waals surface area (Å²) in [6.07, 6.45) is 5.87. The van der Waals surface area contributed by atoms with E-state index in [0.717, 1.165) is 0 Å². The topological polar surface area (TPSA) is 286 Å². The molecule has 0 bridgehead atoms. The van der Waals surface area contributed by atoms with E-state index < -0.39 is 49.9 Å². The maximum atomic E-state index is 13.4. The minimum atomic E-state index is -4.61. The Morgan fingerprint density at radius 3 is 1.00 bits per heavy atom. The van der Waals surface area contributed by atoms with Gasteiger partial charge in [0.25, 0.3) is 43.9 Å². The first kappa shape index (κ1) is 46.0. The first-order valence-electron chi connectivity index (χ1n) is 20.1. The Hall–Kier alpha value is -8.51. The van der Waals surface area contributed by atoms with Crippen LogP contribution in [0.1, 0.15) is 41.4 Å². The van der Waals surface area contributed by atoms with Crippen LogP contribution in [-0.2, 0) is 48.4 Å². The molecule has 0 radical (unpaired) electrons. The first-order chi connectivity index (χ1) is 32.1. The quantitative estimate of drug-likeness (QED) is 0.0612. The number of nitrogens with one attached hydrogen (secondary N) is 6. The van der Waals surface area contributed by atoms with Gasteiger partial charge in [-0.1, -0.05) is 48.5 Å². The van der Waals surface area contributed by atoms with E-state index in [1.54, 1.807) is 64.6 Å². The van der Waals surface area contributed by atoms with E-state index in [-0.39, 0.29) is 77.5 Å². The molecule has 4 aromatic carbocycles. The molecule has 0 aliphatic carbocycles. The summed E-state index contributed by atoms with van der Waals surface area (Å²) in [5, 5.41) is 17.4. The second-order valence-electron chi connectivity index (χ2n) is 15.6. The van der Waals surface area contributed by atoms with Crippen molar-refractivity contribution in [3.63, 3.8) is 0 Å². The molecule has 21 nitrogen and oxygen atoms in total. The Morgan fingerprint density at radius 1 is 0.412 bits per heavy atom. The van der Waals surface area contributed by atoms with E-state index in [9.17, 15) is 49.9 Å². The van der Waals surface area contributed by atoms with Crippen molar-refractivity contribution in [1.29, 1.82) is 0 Å². The Kier molecular flexibility index (Phi) is 12.0. The van der Waals surface area contributed by atoms with Gasteiger partial charge in [0.15, 0.2) is 0 Å². The summed E-state index contributed by atoms with van der Waals surface area (Å²) in [5.74, 6) is -1.43. The summed E-state index contributed by atoms with van der Waals surface area (Å²) < 4.78 is 74.0. The Balaban J connectivity index is 0.882. The smallest absolute Gasteiger partial charge is 0.325 e. The molecular formula is C45H40N10O11S2. The SMILES string of the molecule is Cn1cc(C(=O)Nc2cc(C(=O)Nc3cccc4cccc(S(=O)(=O)O)c34)cn2C)cc1NC(=O)Nc1cc(C(=O)Nc2cc(C(=O)Nc3cccc4cccc(S(=O)(=O)O)c34)cn2C)cn1C. The average molecular weight is 961 g/mol. The molecule has 8 N–H and O–H groups in total. The summed E-state index contributed by atoms with van der Waals surface area (Å²) in [5.41, 5.74) is 0.865. The fourth-order valence-corrected chi connectivity index (χ4v) is 9.01. The highest BCUT2D eigenvalue weighted by Crippen LogP contribution is 2.32. The molecule has 0 saturated carbocycles. The molecule has 23 heteroatoms. The molecule has 0 fully saturated rings. The average Bonchev–Trinajstić information content (AvgIpc) is 4.05. The number of carbonyl (C=O) groups excluding carboxylic acids is 5. The van der Waals surface area contributed by atoms with E-state index in [1.807, 2.05) is 0 Å². The lowest BCUT2D eigenvalue weighted by molar-refractivity contribution is 0.101. The largest absolute Gasteiger partial charge is 0.337 e. The van der Waals surface area contributed by atoms with Crippen LogP contribution in [0.25, 0.3) is 21.5 Å². The third kappa shape index (κ3) is 9.43. The van der Waals surface area contributed by atoms with Crippen LogP contribution in [0.15, 0.2) is 132 Å². The zero-order chi connectivity index (χ0) is 48.8. The molecule has 8 aromatic rings. The zero-order valence-corrected chi connectivity index (χ0v) is 37.9. The molecular weight excluding hydrogens is 921 g/mol. The van der Waals surface area contributed by atoms with Gasteiger partial charge < -0.3 is 39.5 Å². The fourth-order valence-electron chi connectivity index (χ4n) is 7.53. The van der Waals surface area contributed by atoms with Crippen LogP contribution in [-0.4, -0.2) is 73.9 Å². The third-order valence-corrected chi connectivity index (χ3v) is 12.6. The van der Waals surface area contributed by atoms with Gasteiger partial charge >= 0.3 is 6.03 Å². The Bertz CT molecular complexity index is 3400. The maximum Gasteiger partial charge on any atom is 0.325 e. The number of aromatic nitrogens is 4. The number of amides is 6. The van der Waals surface area contributed by atoms with Crippen molar-refractivity contribution in [1.82, 2.24) is 18.3 Å². The molecule has 8 rings (SSSR count). The van der Waals surface area contributed by atoms with Gasteiger partial charge in [-0.3, -0.25) is 38.9 Å². The lowest BCUT2D eigenvalue weighted by atomic mass is 10.1. The van der Waals surface area contributed by atoms with E-state index in [0.29, 0.717) is 10.8 Å². The van der Waals surface area contributed by atoms with Crippen molar-refractivity contribution in [2.24, 2.45) is 28.2 Å². The van der Waals surface area contributed by atoms with Gasteiger partial charge in [-0.25, -0.2) is 4.79 Å².